The fourth-order valence-corrected chi connectivity index (χ4v) is 0.892. The first-order valence-corrected chi connectivity index (χ1v) is 4.33. The Morgan fingerprint density at radius 1 is 1.00 bits per heavy atom. The van der Waals surface area contributed by atoms with Crippen molar-refractivity contribution in [1.29, 1.82) is 0 Å². The molecule has 1 aliphatic heterocycles. The monoisotopic (exact) mass is 226 g/mol. The summed E-state index contributed by atoms with van der Waals surface area (Å²) in [4.78, 5) is 19.8. The van der Waals surface area contributed by atoms with Crippen LogP contribution in [-0.4, -0.2) is 41.5 Å². The van der Waals surface area contributed by atoms with Crippen LogP contribution in [0.15, 0.2) is 49.1 Å². The van der Waals surface area contributed by atoms with Gasteiger partial charge in [0.15, 0.2) is 0 Å². The molecule has 0 fully saturated rings. The van der Waals surface area contributed by atoms with Crippen LogP contribution in [0.3, 0.4) is 0 Å². The first-order chi connectivity index (χ1) is 7.22. The molecule has 3 nitrogen and oxygen atoms in total. The molecule has 0 N–H and O–H groups in total. The van der Waals surface area contributed by atoms with Gasteiger partial charge < -0.3 is 4.74 Å². The molecule has 1 heterocycles. The standard InChI is InChI=1S/C8H8.C4H2O3.Na.H/c1-2-8-6-4-3-5-7-8;5-3-1-2-4(6)7-3;;/h2-7H,1H2;1-2H;;. The summed E-state index contributed by atoms with van der Waals surface area (Å²) in [6.07, 6.45) is 4.00. The van der Waals surface area contributed by atoms with E-state index in [0.717, 1.165) is 12.2 Å². The van der Waals surface area contributed by atoms with Gasteiger partial charge in [-0.2, -0.15) is 0 Å². The zero-order valence-electron chi connectivity index (χ0n) is 8.05. The van der Waals surface area contributed by atoms with Crippen LogP contribution < -0.4 is 0 Å². The molecule has 78 valence electrons. The van der Waals surface area contributed by atoms with Gasteiger partial charge in [-0.15, -0.1) is 0 Å². The summed E-state index contributed by atoms with van der Waals surface area (Å²) < 4.78 is 3.97. The van der Waals surface area contributed by atoms with Crippen LogP contribution >= 0.6 is 0 Å². The van der Waals surface area contributed by atoms with E-state index in [-0.39, 0.29) is 29.6 Å². The van der Waals surface area contributed by atoms with E-state index in [2.05, 4.69) is 11.3 Å². The minimum atomic E-state index is -0.579. The molecule has 4 heteroatoms. The summed E-state index contributed by atoms with van der Waals surface area (Å²) in [5, 5.41) is 0. The quantitative estimate of drug-likeness (QED) is 0.412. The molecule has 0 radical (unpaired) electrons. The van der Waals surface area contributed by atoms with Crippen molar-refractivity contribution in [1.82, 2.24) is 0 Å². The van der Waals surface area contributed by atoms with E-state index in [4.69, 9.17) is 0 Å². The summed E-state index contributed by atoms with van der Waals surface area (Å²) in [6, 6.07) is 10.0. The third-order valence-electron chi connectivity index (χ3n) is 1.59. The van der Waals surface area contributed by atoms with Crippen molar-refractivity contribution in [3.05, 3.63) is 54.6 Å². The second kappa shape index (κ2) is 8.05. The number of rotatable bonds is 1. The molecule has 0 saturated carbocycles. The molecule has 0 atom stereocenters. The molecule has 0 unspecified atom stereocenters. The van der Waals surface area contributed by atoms with Gasteiger partial charge in [0.1, 0.15) is 0 Å². The van der Waals surface area contributed by atoms with Gasteiger partial charge in [-0.05, 0) is 5.56 Å². The van der Waals surface area contributed by atoms with Crippen molar-refractivity contribution >= 4 is 47.6 Å². The van der Waals surface area contributed by atoms with Crippen molar-refractivity contribution in [3.8, 4) is 0 Å². The third kappa shape index (κ3) is 5.66. The Morgan fingerprint density at radius 2 is 1.50 bits per heavy atom. The van der Waals surface area contributed by atoms with E-state index in [1.165, 1.54) is 5.56 Å². The Morgan fingerprint density at radius 3 is 1.75 bits per heavy atom. The molecular formula is C12H11NaO3. The number of hydrogen-bond donors (Lipinski definition) is 0. The first-order valence-electron chi connectivity index (χ1n) is 4.33. The van der Waals surface area contributed by atoms with Crippen LogP contribution in [0, 0.1) is 0 Å². The van der Waals surface area contributed by atoms with Gasteiger partial charge in [-0.3, -0.25) is 0 Å². The molecule has 0 bridgehead atoms. The van der Waals surface area contributed by atoms with Gasteiger partial charge in [0.25, 0.3) is 0 Å². The summed E-state index contributed by atoms with van der Waals surface area (Å²) in [5.41, 5.74) is 1.17. The number of carbonyl (C=O) groups excluding carboxylic acids is 2. The average molecular weight is 226 g/mol. The second-order valence-electron chi connectivity index (χ2n) is 2.69. The van der Waals surface area contributed by atoms with E-state index >= 15 is 0 Å². The number of hydrogen-bond acceptors (Lipinski definition) is 3. The van der Waals surface area contributed by atoms with Gasteiger partial charge >= 0.3 is 41.5 Å². The zero-order chi connectivity index (χ0) is 11.1. The fourth-order valence-electron chi connectivity index (χ4n) is 0.892. The summed E-state index contributed by atoms with van der Waals surface area (Å²) in [5.74, 6) is -1.16. The molecule has 0 amide bonds. The third-order valence-corrected chi connectivity index (χ3v) is 1.59. The van der Waals surface area contributed by atoms with Gasteiger partial charge in [-0.25, -0.2) is 9.59 Å². The Balaban J connectivity index is 0.000000267. The molecule has 1 aromatic carbocycles. The van der Waals surface area contributed by atoms with Crippen LogP contribution in [0.2, 0.25) is 0 Å². The van der Waals surface area contributed by atoms with Gasteiger partial charge in [0.05, 0.1) is 0 Å². The van der Waals surface area contributed by atoms with Gasteiger partial charge in [-0.1, -0.05) is 43.0 Å². The number of benzene rings is 1. The Kier molecular flexibility index (Phi) is 7.46. The predicted octanol–water partition coefficient (Wildman–Crippen LogP) is 1.31. The van der Waals surface area contributed by atoms with Crippen molar-refractivity contribution in [2.75, 3.05) is 0 Å². The molecule has 1 aromatic rings. The van der Waals surface area contributed by atoms with Crippen LogP contribution in [0.1, 0.15) is 5.56 Å². The van der Waals surface area contributed by atoms with E-state index in [1.54, 1.807) is 0 Å². The molecule has 16 heavy (non-hydrogen) atoms. The molecule has 0 aliphatic carbocycles. The summed E-state index contributed by atoms with van der Waals surface area (Å²) in [6.45, 7) is 3.63. The summed E-state index contributed by atoms with van der Waals surface area (Å²) in [7, 11) is 0. The predicted molar refractivity (Wildman–Crippen MR) is 63.9 cm³/mol. The second-order valence-corrected chi connectivity index (χ2v) is 2.69. The molecule has 1 aliphatic rings. The molecule has 0 saturated heterocycles. The molecule has 0 spiro atoms. The molecule has 2 rings (SSSR count). The van der Waals surface area contributed by atoms with Crippen LogP contribution in [0.4, 0.5) is 0 Å². The Hall–Kier alpha value is -1.16. The Labute approximate surface area is 116 Å². The average Bonchev–Trinajstić information content (AvgIpc) is 2.65. The Bertz CT molecular complexity index is 380. The maximum absolute atomic E-state index is 9.92. The van der Waals surface area contributed by atoms with Crippen molar-refractivity contribution in [2.45, 2.75) is 0 Å². The van der Waals surface area contributed by atoms with Crippen LogP contribution in [0.25, 0.3) is 6.08 Å². The fraction of sp³-hybridized carbons (Fsp3) is 0. The number of ether oxygens (including phenoxy) is 1. The van der Waals surface area contributed by atoms with E-state index in [1.807, 2.05) is 36.4 Å². The van der Waals surface area contributed by atoms with Crippen molar-refractivity contribution in [2.24, 2.45) is 0 Å². The number of cyclic esters (lactones) is 2. The van der Waals surface area contributed by atoms with Crippen molar-refractivity contribution < 1.29 is 14.3 Å². The number of carbonyl (C=O) groups is 2. The topological polar surface area (TPSA) is 43.4 Å². The maximum atomic E-state index is 9.92. The van der Waals surface area contributed by atoms with Gasteiger partial charge in [0, 0.05) is 12.2 Å². The van der Waals surface area contributed by atoms with Crippen molar-refractivity contribution in [3.63, 3.8) is 0 Å². The summed E-state index contributed by atoms with van der Waals surface area (Å²) >= 11 is 0. The van der Waals surface area contributed by atoms with Gasteiger partial charge in [0.2, 0.25) is 0 Å². The van der Waals surface area contributed by atoms with E-state index < -0.39 is 11.9 Å². The van der Waals surface area contributed by atoms with Crippen LogP contribution in [-0.2, 0) is 14.3 Å². The van der Waals surface area contributed by atoms with Crippen LogP contribution in [0.5, 0.6) is 0 Å². The SMILES string of the molecule is C=Cc1ccccc1.O=C1C=CC(=O)O1.[NaH]. The number of esters is 2. The normalized spacial score (nSPS) is 12.0. The van der Waals surface area contributed by atoms with E-state index in [0.29, 0.717) is 0 Å². The minimum absolute atomic E-state index is 0. The van der Waals surface area contributed by atoms with E-state index in [9.17, 15) is 9.59 Å². The molecular weight excluding hydrogens is 215 g/mol. The molecule has 0 aromatic heterocycles. The first kappa shape index (κ1) is 14.8. The zero-order valence-corrected chi connectivity index (χ0v) is 8.05.